The van der Waals surface area contributed by atoms with Crippen LogP contribution in [0.1, 0.15) is 31.7 Å². The van der Waals surface area contributed by atoms with Gasteiger partial charge in [-0.3, -0.25) is 4.79 Å². The Morgan fingerprint density at radius 1 is 1.36 bits per heavy atom. The summed E-state index contributed by atoms with van der Waals surface area (Å²) in [7, 11) is 3.25. The molecule has 2 rings (SSSR count). The van der Waals surface area contributed by atoms with E-state index in [0.29, 0.717) is 24.8 Å². The van der Waals surface area contributed by atoms with E-state index in [9.17, 15) is 4.79 Å². The van der Waals surface area contributed by atoms with E-state index < -0.39 is 0 Å². The van der Waals surface area contributed by atoms with Gasteiger partial charge in [-0.25, -0.2) is 0 Å². The van der Waals surface area contributed by atoms with Crippen molar-refractivity contribution in [3.05, 3.63) is 23.8 Å². The van der Waals surface area contributed by atoms with Crippen LogP contribution < -0.4 is 20.1 Å². The predicted molar refractivity (Wildman–Crippen MR) is 104 cm³/mol. The zero-order valence-electron chi connectivity index (χ0n) is 15.7. The van der Waals surface area contributed by atoms with Gasteiger partial charge < -0.3 is 20.1 Å². The highest BCUT2D eigenvalue weighted by Crippen LogP contribution is 2.34. The monoisotopic (exact) mass is 366 g/mol. The van der Waals surface area contributed by atoms with E-state index in [-0.39, 0.29) is 10.7 Å². The van der Waals surface area contributed by atoms with Gasteiger partial charge in [-0.05, 0) is 56.7 Å². The minimum absolute atomic E-state index is 0.0517. The van der Waals surface area contributed by atoms with Gasteiger partial charge in [-0.15, -0.1) is 0 Å². The molecule has 2 unspecified atom stereocenters. The highest BCUT2D eigenvalue weighted by atomic mass is 32.2. The largest absolute Gasteiger partial charge is 0.493 e. The lowest BCUT2D eigenvalue weighted by atomic mass is 9.95. The van der Waals surface area contributed by atoms with Crippen molar-refractivity contribution < 1.29 is 14.3 Å². The first-order valence-corrected chi connectivity index (χ1v) is 10.0. The number of nitrogens with one attached hydrogen (secondary N) is 2. The lowest BCUT2D eigenvalue weighted by Gasteiger charge is -2.33. The topological polar surface area (TPSA) is 59.6 Å². The first-order valence-electron chi connectivity index (χ1n) is 8.78. The molecule has 0 aliphatic carbocycles. The first kappa shape index (κ1) is 19.9. The predicted octanol–water partition coefficient (Wildman–Crippen LogP) is 2.63. The van der Waals surface area contributed by atoms with Gasteiger partial charge in [0.1, 0.15) is 0 Å². The van der Waals surface area contributed by atoms with Crippen LogP contribution >= 0.6 is 11.8 Å². The Morgan fingerprint density at radius 3 is 2.72 bits per heavy atom. The Hall–Kier alpha value is -1.40. The van der Waals surface area contributed by atoms with Crippen LogP contribution in [-0.4, -0.2) is 50.3 Å². The smallest absolute Gasteiger partial charge is 0.221 e. The van der Waals surface area contributed by atoms with Crippen LogP contribution in [0.4, 0.5) is 0 Å². The Labute approximate surface area is 155 Å². The number of methoxy groups -OCH3 is 2. The quantitative estimate of drug-likeness (QED) is 0.704. The third kappa shape index (κ3) is 5.28. The second kappa shape index (κ2) is 9.34. The maximum absolute atomic E-state index is 12.4. The highest BCUT2D eigenvalue weighted by Gasteiger charge is 2.37. The van der Waals surface area contributed by atoms with Crippen LogP contribution in [0, 0.1) is 0 Å². The summed E-state index contributed by atoms with van der Waals surface area (Å²) in [6.45, 7) is 3.87. The van der Waals surface area contributed by atoms with E-state index >= 15 is 0 Å². The molecule has 0 spiro atoms. The van der Waals surface area contributed by atoms with Crippen LogP contribution in [-0.2, 0) is 11.2 Å². The average Bonchev–Trinajstić information content (AvgIpc) is 3.16. The summed E-state index contributed by atoms with van der Waals surface area (Å²) in [5, 5.41) is 6.59. The molecule has 25 heavy (non-hydrogen) atoms. The van der Waals surface area contributed by atoms with E-state index in [0.717, 1.165) is 30.7 Å². The Balaban J connectivity index is 1.83. The van der Waals surface area contributed by atoms with Crippen molar-refractivity contribution in [3.63, 3.8) is 0 Å². The second-order valence-corrected chi connectivity index (χ2v) is 7.97. The summed E-state index contributed by atoms with van der Waals surface area (Å²) in [6, 6.07) is 6.27. The molecule has 0 radical (unpaired) electrons. The fraction of sp³-hybridized carbons (Fsp3) is 0.632. The van der Waals surface area contributed by atoms with Gasteiger partial charge in [0.15, 0.2) is 11.5 Å². The number of rotatable bonds is 9. The number of carbonyl (C=O) groups is 1. The lowest BCUT2D eigenvalue weighted by molar-refractivity contribution is -0.121. The van der Waals surface area contributed by atoms with Crippen LogP contribution in [0.5, 0.6) is 11.5 Å². The lowest BCUT2D eigenvalue weighted by Crippen LogP contribution is -2.46. The molecule has 0 aromatic heterocycles. The van der Waals surface area contributed by atoms with Crippen molar-refractivity contribution in [2.75, 3.05) is 33.6 Å². The van der Waals surface area contributed by atoms with Gasteiger partial charge in [-0.1, -0.05) is 6.07 Å². The number of carbonyl (C=O) groups excluding carboxylic acids is 1. The molecule has 2 N–H and O–H groups in total. The van der Waals surface area contributed by atoms with Crippen molar-refractivity contribution in [1.82, 2.24) is 10.6 Å². The van der Waals surface area contributed by atoms with Crippen molar-refractivity contribution in [2.45, 2.75) is 43.4 Å². The number of hydrogen-bond acceptors (Lipinski definition) is 5. The van der Waals surface area contributed by atoms with Crippen molar-refractivity contribution in [3.8, 4) is 11.5 Å². The van der Waals surface area contributed by atoms with Crippen molar-refractivity contribution in [1.29, 1.82) is 0 Å². The maximum atomic E-state index is 12.4. The SMILES string of the molecule is COc1ccc(CCNC(=O)CC(C)(SC)C2CCCN2)cc1OC. The van der Waals surface area contributed by atoms with Crippen LogP contribution in [0.25, 0.3) is 0 Å². The highest BCUT2D eigenvalue weighted by molar-refractivity contribution is 8.00. The first-order chi connectivity index (χ1) is 12.0. The van der Waals surface area contributed by atoms with Gasteiger partial charge in [0.05, 0.1) is 14.2 Å². The molecule has 1 aromatic rings. The molecule has 1 aromatic carbocycles. The minimum Gasteiger partial charge on any atom is -0.493 e. The fourth-order valence-electron chi connectivity index (χ4n) is 3.31. The zero-order chi connectivity index (χ0) is 18.3. The number of hydrogen-bond donors (Lipinski definition) is 2. The molecule has 1 amide bonds. The van der Waals surface area contributed by atoms with Gasteiger partial charge in [0, 0.05) is 23.8 Å². The molecule has 1 aliphatic rings. The molecule has 6 heteroatoms. The third-order valence-electron chi connectivity index (χ3n) is 4.96. The molecule has 1 aliphatic heterocycles. The number of thioether (sulfide) groups is 1. The van der Waals surface area contributed by atoms with Crippen LogP contribution in [0.3, 0.4) is 0 Å². The normalized spacial score (nSPS) is 19.3. The molecule has 140 valence electrons. The molecule has 0 saturated carbocycles. The fourth-order valence-corrected chi connectivity index (χ4v) is 4.07. The molecule has 5 nitrogen and oxygen atoms in total. The molecule has 1 fully saturated rings. The van der Waals surface area contributed by atoms with E-state index in [1.807, 2.05) is 18.2 Å². The van der Waals surface area contributed by atoms with Gasteiger partial charge in [0.25, 0.3) is 0 Å². The van der Waals surface area contributed by atoms with Crippen molar-refractivity contribution >= 4 is 17.7 Å². The van der Waals surface area contributed by atoms with Gasteiger partial charge in [0.2, 0.25) is 5.91 Å². The Morgan fingerprint density at radius 2 is 2.12 bits per heavy atom. The third-order valence-corrected chi connectivity index (χ3v) is 6.32. The zero-order valence-corrected chi connectivity index (χ0v) is 16.5. The standard InChI is InChI=1S/C19H30N2O3S/c1-19(25-4,17-6-5-10-20-17)13-18(22)21-11-9-14-7-8-15(23-2)16(12-14)24-3/h7-8,12,17,20H,5-6,9-11,13H2,1-4H3,(H,21,22). The summed E-state index contributed by atoms with van der Waals surface area (Å²) < 4.78 is 10.5. The van der Waals surface area contributed by atoms with E-state index in [2.05, 4.69) is 23.8 Å². The summed E-state index contributed by atoms with van der Waals surface area (Å²) in [6.07, 6.45) is 5.75. The van der Waals surface area contributed by atoms with Crippen molar-refractivity contribution in [2.24, 2.45) is 0 Å². The summed E-state index contributed by atoms with van der Waals surface area (Å²) in [5.74, 6) is 1.55. The number of amides is 1. The Kier molecular flexibility index (Phi) is 7.44. The molecular formula is C19H30N2O3S. The Bertz CT molecular complexity index is 576. The number of benzene rings is 1. The maximum Gasteiger partial charge on any atom is 0.221 e. The minimum atomic E-state index is -0.0517. The van der Waals surface area contributed by atoms with Gasteiger partial charge in [-0.2, -0.15) is 11.8 Å². The van der Waals surface area contributed by atoms with E-state index in [1.54, 1.807) is 26.0 Å². The molecular weight excluding hydrogens is 336 g/mol. The van der Waals surface area contributed by atoms with Crippen LogP contribution in [0.2, 0.25) is 0 Å². The molecule has 0 bridgehead atoms. The van der Waals surface area contributed by atoms with E-state index in [4.69, 9.17) is 9.47 Å². The average molecular weight is 367 g/mol. The number of ether oxygens (including phenoxy) is 2. The van der Waals surface area contributed by atoms with Crippen LogP contribution in [0.15, 0.2) is 18.2 Å². The summed E-state index contributed by atoms with van der Waals surface area (Å²) in [5.41, 5.74) is 1.11. The van der Waals surface area contributed by atoms with E-state index in [1.165, 1.54) is 6.42 Å². The molecule has 1 saturated heterocycles. The van der Waals surface area contributed by atoms with Gasteiger partial charge >= 0.3 is 0 Å². The molecule has 2 atom stereocenters. The summed E-state index contributed by atoms with van der Waals surface area (Å²) >= 11 is 1.78. The second-order valence-electron chi connectivity index (χ2n) is 6.63. The molecule has 1 heterocycles. The summed E-state index contributed by atoms with van der Waals surface area (Å²) in [4.78, 5) is 12.4.